The van der Waals surface area contributed by atoms with Gasteiger partial charge in [0.2, 0.25) is 15.9 Å². The van der Waals surface area contributed by atoms with Crippen LogP contribution < -0.4 is 19.1 Å². The third-order valence-electron chi connectivity index (χ3n) is 4.32. The Morgan fingerprint density at radius 2 is 1.82 bits per heavy atom. The number of halogens is 1. The van der Waals surface area contributed by atoms with Gasteiger partial charge in [-0.2, -0.15) is 0 Å². The van der Waals surface area contributed by atoms with Crippen molar-refractivity contribution in [2.24, 2.45) is 0 Å². The van der Waals surface area contributed by atoms with Crippen LogP contribution in [0, 0.1) is 10.5 Å². The Labute approximate surface area is 178 Å². The molecule has 2 aromatic carbocycles. The molecule has 9 heteroatoms. The summed E-state index contributed by atoms with van der Waals surface area (Å²) < 4.78 is 38.1. The molecule has 1 atom stereocenters. The first kappa shape index (κ1) is 20.7. The SMILES string of the molecule is Cc1cc(I)ccc1NC(=O)[C@@H](C)N(c1ccc2c(c1)OCCO2)S(C)(=O)=O. The van der Waals surface area contributed by atoms with Gasteiger partial charge in [0.25, 0.3) is 0 Å². The van der Waals surface area contributed by atoms with Gasteiger partial charge in [0, 0.05) is 15.3 Å². The lowest BCUT2D eigenvalue weighted by atomic mass is 10.2. The van der Waals surface area contributed by atoms with Crippen molar-refractivity contribution in [3.63, 3.8) is 0 Å². The van der Waals surface area contributed by atoms with Crippen LogP contribution in [0.4, 0.5) is 11.4 Å². The number of benzene rings is 2. The van der Waals surface area contributed by atoms with Crippen LogP contribution in [0.5, 0.6) is 11.5 Å². The Bertz CT molecular complexity index is 1010. The number of anilines is 2. The number of aryl methyl sites for hydroxylation is 1. The summed E-state index contributed by atoms with van der Waals surface area (Å²) in [5.41, 5.74) is 1.89. The van der Waals surface area contributed by atoms with E-state index >= 15 is 0 Å². The molecule has 1 aliphatic rings. The second-order valence-corrected chi connectivity index (χ2v) is 9.62. The van der Waals surface area contributed by atoms with E-state index in [9.17, 15) is 13.2 Å². The zero-order valence-corrected chi connectivity index (χ0v) is 18.7. The summed E-state index contributed by atoms with van der Waals surface area (Å²) in [6.07, 6.45) is 1.07. The van der Waals surface area contributed by atoms with Crippen molar-refractivity contribution in [1.29, 1.82) is 0 Å². The van der Waals surface area contributed by atoms with Crippen molar-refractivity contribution >= 4 is 49.9 Å². The van der Waals surface area contributed by atoms with Gasteiger partial charge in [-0.3, -0.25) is 9.10 Å². The highest BCUT2D eigenvalue weighted by molar-refractivity contribution is 14.1. The molecule has 0 saturated carbocycles. The molecule has 150 valence electrons. The summed E-state index contributed by atoms with van der Waals surface area (Å²) >= 11 is 2.19. The number of hydrogen-bond donors (Lipinski definition) is 1. The highest BCUT2D eigenvalue weighted by atomic mass is 127. The van der Waals surface area contributed by atoms with Crippen LogP contribution in [0.3, 0.4) is 0 Å². The number of ether oxygens (including phenoxy) is 2. The average Bonchev–Trinajstić information content (AvgIpc) is 2.62. The third-order valence-corrected chi connectivity index (χ3v) is 6.23. The van der Waals surface area contributed by atoms with Gasteiger partial charge in [-0.1, -0.05) is 0 Å². The lowest BCUT2D eigenvalue weighted by Gasteiger charge is -2.29. The third kappa shape index (κ3) is 4.52. The summed E-state index contributed by atoms with van der Waals surface area (Å²) in [6, 6.07) is 9.49. The van der Waals surface area contributed by atoms with E-state index in [0.29, 0.717) is 36.1 Å². The number of hydrogen-bond acceptors (Lipinski definition) is 5. The Hall–Kier alpha value is -2.01. The van der Waals surface area contributed by atoms with E-state index in [1.54, 1.807) is 31.2 Å². The van der Waals surface area contributed by atoms with E-state index in [1.165, 1.54) is 0 Å². The van der Waals surface area contributed by atoms with Crippen molar-refractivity contribution < 1.29 is 22.7 Å². The van der Waals surface area contributed by atoms with E-state index in [1.807, 2.05) is 19.1 Å². The summed E-state index contributed by atoms with van der Waals surface area (Å²) in [5, 5.41) is 2.82. The van der Waals surface area contributed by atoms with Gasteiger partial charge in [-0.25, -0.2) is 8.42 Å². The highest BCUT2D eigenvalue weighted by Crippen LogP contribution is 2.35. The van der Waals surface area contributed by atoms with E-state index < -0.39 is 22.0 Å². The van der Waals surface area contributed by atoms with Crippen LogP contribution in [0.2, 0.25) is 0 Å². The van der Waals surface area contributed by atoms with Gasteiger partial charge in [0.1, 0.15) is 19.3 Å². The van der Waals surface area contributed by atoms with Gasteiger partial charge in [-0.05, 0) is 72.3 Å². The Balaban J connectivity index is 1.90. The van der Waals surface area contributed by atoms with E-state index in [-0.39, 0.29) is 0 Å². The molecule has 0 spiro atoms. The molecule has 0 aromatic heterocycles. The van der Waals surface area contributed by atoms with Crippen LogP contribution in [-0.4, -0.2) is 39.8 Å². The first-order valence-electron chi connectivity index (χ1n) is 8.63. The highest BCUT2D eigenvalue weighted by Gasteiger charge is 2.30. The van der Waals surface area contributed by atoms with Crippen molar-refractivity contribution in [3.8, 4) is 11.5 Å². The molecule has 0 aliphatic carbocycles. The van der Waals surface area contributed by atoms with Crippen LogP contribution in [0.25, 0.3) is 0 Å². The number of amides is 1. The number of rotatable bonds is 5. The molecule has 1 amide bonds. The molecule has 3 rings (SSSR count). The molecule has 7 nitrogen and oxygen atoms in total. The minimum atomic E-state index is -3.72. The maximum atomic E-state index is 12.8. The second kappa shape index (κ2) is 8.16. The summed E-state index contributed by atoms with van der Waals surface area (Å²) in [5.74, 6) is 0.582. The van der Waals surface area contributed by atoms with Crippen molar-refractivity contribution in [2.45, 2.75) is 19.9 Å². The second-order valence-electron chi connectivity index (χ2n) is 6.51. The topological polar surface area (TPSA) is 84.9 Å². The molecular formula is C19H21IN2O5S. The molecule has 1 N–H and O–H groups in total. The lowest BCUT2D eigenvalue weighted by Crippen LogP contribution is -2.45. The quantitative estimate of drug-likeness (QED) is 0.618. The fourth-order valence-electron chi connectivity index (χ4n) is 2.98. The molecular weight excluding hydrogens is 495 g/mol. The predicted molar refractivity (Wildman–Crippen MR) is 117 cm³/mol. The van der Waals surface area contributed by atoms with Gasteiger partial charge in [0.05, 0.1) is 11.9 Å². The largest absolute Gasteiger partial charge is 0.486 e. The van der Waals surface area contributed by atoms with E-state index in [2.05, 4.69) is 27.9 Å². The molecule has 0 radical (unpaired) electrons. The van der Waals surface area contributed by atoms with Crippen molar-refractivity contribution in [1.82, 2.24) is 0 Å². The van der Waals surface area contributed by atoms with Gasteiger partial charge in [-0.15, -0.1) is 0 Å². The van der Waals surface area contributed by atoms with Crippen LogP contribution in [-0.2, 0) is 14.8 Å². The van der Waals surface area contributed by atoms with Gasteiger partial charge < -0.3 is 14.8 Å². The van der Waals surface area contributed by atoms with Crippen LogP contribution in [0.15, 0.2) is 36.4 Å². The molecule has 0 saturated heterocycles. The molecule has 0 fully saturated rings. The Kier molecular flexibility index (Phi) is 6.04. The van der Waals surface area contributed by atoms with Crippen molar-refractivity contribution in [2.75, 3.05) is 29.1 Å². The lowest BCUT2D eigenvalue weighted by molar-refractivity contribution is -0.116. The predicted octanol–water partition coefficient (Wildman–Crippen LogP) is 3.16. The average molecular weight is 516 g/mol. The first-order chi connectivity index (χ1) is 13.2. The standard InChI is InChI=1S/C19H21IN2O5S/c1-12-10-14(20)4-6-16(12)21-19(23)13(2)22(28(3,24)25)15-5-7-17-18(11-15)27-9-8-26-17/h4-7,10-11,13H,8-9H2,1-3H3,(H,21,23)/t13-/m1/s1. The minimum Gasteiger partial charge on any atom is -0.486 e. The zero-order chi connectivity index (χ0) is 20.5. The normalized spacial score (nSPS) is 14.3. The Morgan fingerprint density at radius 1 is 1.14 bits per heavy atom. The fraction of sp³-hybridized carbons (Fsp3) is 0.316. The summed E-state index contributed by atoms with van der Waals surface area (Å²) in [7, 11) is -3.72. The number of nitrogens with one attached hydrogen (secondary N) is 1. The number of carbonyl (C=O) groups is 1. The monoisotopic (exact) mass is 516 g/mol. The molecule has 1 heterocycles. The van der Waals surface area contributed by atoms with Gasteiger partial charge in [0.15, 0.2) is 11.5 Å². The smallest absolute Gasteiger partial charge is 0.248 e. The summed E-state index contributed by atoms with van der Waals surface area (Å²) in [6.45, 7) is 4.26. The Morgan fingerprint density at radius 3 is 2.46 bits per heavy atom. The molecule has 0 unspecified atom stereocenters. The first-order valence-corrected chi connectivity index (χ1v) is 11.6. The number of nitrogens with zero attached hydrogens (tertiary/aromatic N) is 1. The van der Waals surface area contributed by atoms with Gasteiger partial charge >= 0.3 is 0 Å². The maximum Gasteiger partial charge on any atom is 0.248 e. The molecule has 0 bridgehead atoms. The fourth-order valence-corrected chi connectivity index (χ4v) is 4.80. The molecule has 1 aliphatic heterocycles. The molecule has 2 aromatic rings. The maximum absolute atomic E-state index is 12.8. The minimum absolute atomic E-state index is 0.341. The van der Waals surface area contributed by atoms with Crippen molar-refractivity contribution in [3.05, 3.63) is 45.5 Å². The number of carbonyl (C=O) groups excluding carboxylic acids is 1. The summed E-state index contributed by atoms with van der Waals surface area (Å²) in [4.78, 5) is 12.8. The number of sulfonamides is 1. The van der Waals surface area contributed by atoms with Crippen LogP contribution >= 0.6 is 22.6 Å². The van der Waals surface area contributed by atoms with E-state index in [4.69, 9.17) is 9.47 Å². The van der Waals surface area contributed by atoms with E-state index in [0.717, 1.165) is 19.7 Å². The van der Waals surface area contributed by atoms with Crippen LogP contribution in [0.1, 0.15) is 12.5 Å². The number of fused-ring (bicyclic) bond motifs is 1. The molecule has 28 heavy (non-hydrogen) atoms. The zero-order valence-electron chi connectivity index (χ0n) is 15.7.